The average molecular weight is 245 g/mol. The molecule has 2 aliphatic heterocycles. The number of hydrogen-bond acceptors (Lipinski definition) is 3. The smallest absolute Gasteiger partial charge is 0.0894 e. The lowest BCUT2D eigenvalue weighted by molar-refractivity contribution is -0.153. The lowest BCUT2D eigenvalue weighted by atomic mass is 9.92. The van der Waals surface area contributed by atoms with Crippen molar-refractivity contribution in [3.63, 3.8) is 0 Å². The van der Waals surface area contributed by atoms with Crippen LogP contribution < -0.4 is 0 Å². The molecule has 0 atom stereocenters. The van der Waals surface area contributed by atoms with Crippen LogP contribution in [0.4, 0.5) is 4.39 Å². The van der Waals surface area contributed by atoms with E-state index in [1.807, 2.05) is 0 Å². The van der Waals surface area contributed by atoms with E-state index in [-0.39, 0.29) is 12.3 Å². The van der Waals surface area contributed by atoms with Gasteiger partial charge in [-0.2, -0.15) is 0 Å². The number of halogens is 1. The maximum atomic E-state index is 12.0. The van der Waals surface area contributed by atoms with E-state index in [9.17, 15) is 4.39 Å². The summed E-state index contributed by atoms with van der Waals surface area (Å²) in [7, 11) is 0. The minimum atomic E-state index is -0.176. The van der Waals surface area contributed by atoms with Crippen molar-refractivity contribution >= 4 is 0 Å². The predicted molar refractivity (Wildman–Crippen MR) is 65.0 cm³/mol. The number of hydrogen-bond donors (Lipinski definition) is 0. The number of nitrogens with zero attached hydrogens (tertiary/aromatic N) is 1. The number of ether oxygens (including phenoxy) is 2. The van der Waals surface area contributed by atoms with Crippen LogP contribution in [0.15, 0.2) is 0 Å². The lowest BCUT2D eigenvalue weighted by Gasteiger charge is -2.44. The fourth-order valence-electron chi connectivity index (χ4n) is 2.77. The van der Waals surface area contributed by atoms with E-state index in [2.05, 4.69) is 4.90 Å². The molecule has 2 saturated heterocycles. The van der Waals surface area contributed by atoms with Gasteiger partial charge in [-0.25, -0.2) is 0 Å². The first-order valence-corrected chi connectivity index (χ1v) is 6.85. The molecular formula is C13H24FNO2. The maximum Gasteiger partial charge on any atom is 0.0894 e. The van der Waals surface area contributed by atoms with Crippen LogP contribution >= 0.6 is 0 Å². The highest BCUT2D eigenvalue weighted by Crippen LogP contribution is 2.29. The molecule has 0 aromatic heterocycles. The third kappa shape index (κ3) is 3.90. The van der Waals surface area contributed by atoms with Crippen molar-refractivity contribution in [1.29, 1.82) is 0 Å². The standard InChI is InChI=1S/C13H24FNO2/c14-6-2-1-3-7-15-8-11-17-13(12-15)4-9-16-10-5-13/h1-12H2. The summed E-state index contributed by atoms with van der Waals surface area (Å²) in [4.78, 5) is 2.48. The highest BCUT2D eigenvalue weighted by molar-refractivity contribution is 4.89. The fraction of sp³-hybridized carbons (Fsp3) is 1.00. The third-order valence-corrected chi connectivity index (χ3v) is 3.84. The summed E-state index contributed by atoms with van der Waals surface area (Å²) in [5.41, 5.74) is 0.0522. The molecule has 0 aromatic carbocycles. The normalized spacial score (nSPS) is 25.2. The molecule has 0 N–H and O–H groups in total. The number of alkyl halides is 1. The molecule has 4 heteroatoms. The summed E-state index contributed by atoms with van der Waals surface area (Å²) < 4.78 is 23.4. The second kappa shape index (κ2) is 6.66. The van der Waals surface area contributed by atoms with Gasteiger partial charge in [0.15, 0.2) is 0 Å². The van der Waals surface area contributed by atoms with Gasteiger partial charge in [0.1, 0.15) is 0 Å². The fourth-order valence-corrected chi connectivity index (χ4v) is 2.77. The molecule has 17 heavy (non-hydrogen) atoms. The average Bonchev–Trinajstić information content (AvgIpc) is 2.36. The largest absolute Gasteiger partial charge is 0.381 e. The molecule has 2 heterocycles. The molecule has 3 nitrogen and oxygen atoms in total. The van der Waals surface area contributed by atoms with Crippen molar-refractivity contribution < 1.29 is 13.9 Å². The van der Waals surface area contributed by atoms with Crippen molar-refractivity contribution in [2.45, 2.75) is 37.7 Å². The molecule has 0 aromatic rings. The van der Waals surface area contributed by atoms with Gasteiger partial charge in [0.2, 0.25) is 0 Å². The van der Waals surface area contributed by atoms with E-state index in [0.717, 1.165) is 65.1 Å². The number of rotatable bonds is 5. The zero-order valence-electron chi connectivity index (χ0n) is 10.6. The van der Waals surface area contributed by atoms with Crippen LogP contribution in [0.2, 0.25) is 0 Å². The first-order chi connectivity index (χ1) is 8.35. The molecular weight excluding hydrogens is 221 g/mol. The van der Waals surface area contributed by atoms with Crippen molar-refractivity contribution in [3.8, 4) is 0 Å². The Balaban J connectivity index is 1.72. The molecule has 2 rings (SSSR count). The van der Waals surface area contributed by atoms with Crippen LogP contribution in [0.3, 0.4) is 0 Å². The molecule has 1 spiro atoms. The van der Waals surface area contributed by atoms with E-state index >= 15 is 0 Å². The van der Waals surface area contributed by atoms with Gasteiger partial charge in [-0.3, -0.25) is 9.29 Å². The molecule has 0 unspecified atom stereocenters. The van der Waals surface area contributed by atoms with Gasteiger partial charge in [-0.1, -0.05) is 0 Å². The monoisotopic (exact) mass is 245 g/mol. The number of unbranched alkanes of at least 4 members (excludes halogenated alkanes) is 2. The summed E-state index contributed by atoms with van der Waals surface area (Å²) in [6.45, 7) is 5.47. The van der Waals surface area contributed by atoms with E-state index in [1.54, 1.807) is 0 Å². The molecule has 0 bridgehead atoms. The van der Waals surface area contributed by atoms with Crippen molar-refractivity contribution in [2.75, 3.05) is 46.1 Å². The lowest BCUT2D eigenvalue weighted by Crippen LogP contribution is -2.54. The first-order valence-electron chi connectivity index (χ1n) is 6.85. The summed E-state index contributed by atoms with van der Waals surface area (Å²) in [5, 5.41) is 0. The van der Waals surface area contributed by atoms with E-state index in [0.29, 0.717) is 6.42 Å². The van der Waals surface area contributed by atoms with Crippen LogP contribution in [-0.4, -0.2) is 56.6 Å². The molecule has 0 radical (unpaired) electrons. The van der Waals surface area contributed by atoms with Crippen LogP contribution in [0.1, 0.15) is 32.1 Å². The van der Waals surface area contributed by atoms with Gasteiger partial charge in [0.25, 0.3) is 0 Å². The van der Waals surface area contributed by atoms with Crippen molar-refractivity contribution in [3.05, 3.63) is 0 Å². The van der Waals surface area contributed by atoms with E-state index < -0.39 is 0 Å². The van der Waals surface area contributed by atoms with Crippen molar-refractivity contribution in [2.24, 2.45) is 0 Å². The molecule has 0 aliphatic carbocycles. The van der Waals surface area contributed by atoms with Gasteiger partial charge < -0.3 is 9.47 Å². The topological polar surface area (TPSA) is 21.7 Å². The Bertz CT molecular complexity index is 214. The van der Waals surface area contributed by atoms with Gasteiger partial charge >= 0.3 is 0 Å². The maximum absolute atomic E-state index is 12.0. The third-order valence-electron chi connectivity index (χ3n) is 3.84. The minimum absolute atomic E-state index is 0.0522. The van der Waals surface area contributed by atoms with Crippen molar-refractivity contribution in [1.82, 2.24) is 4.90 Å². The Hall–Kier alpha value is -0.190. The van der Waals surface area contributed by atoms with Gasteiger partial charge in [-0.05, 0) is 25.8 Å². The quantitative estimate of drug-likeness (QED) is 0.692. The summed E-state index contributed by atoms with van der Waals surface area (Å²) in [5.74, 6) is 0. The molecule has 0 saturated carbocycles. The van der Waals surface area contributed by atoms with Gasteiger partial charge in [0, 0.05) is 39.1 Å². The second-order valence-corrected chi connectivity index (χ2v) is 5.17. The Labute approximate surface area is 103 Å². The molecule has 2 fully saturated rings. The van der Waals surface area contributed by atoms with E-state index in [1.165, 1.54) is 0 Å². The van der Waals surface area contributed by atoms with E-state index in [4.69, 9.17) is 9.47 Å². The summed E-state index contributed by atoms with van der Waals surface area (Å²) in [6, 6.07) is 0. The SMILES string of the molecule is FCCCCCN1CCOC2(CCOCC2)C1. The predicted octanol–water partition coefficient (Wildman–Crippen LogP) is 2.01. The Morgan fingerprint density at radius 2 is 1.88 bits per heavy atom. The zero-order valence-corrected chi connectivity index (χ0v) is 10.6. The van der Waals surface area contributed by atoms with Crippen LogP contribution in [-0.2, 0) is 9.47 Å². The Kier molecular flexibility index (Phi) is 5.19. The second-order valence-electron chi connectivity index (χ2n) is 5.17. The molecule has 100 valence electrons. The minimum Gasteiger partial charge on any atom is -0.381 e. The Morgan fingerprint density at radius 3 is 2.65 bits per heavy atom. The Morgan fingerprint density at radius 1 is 1.06 bits per heavy atom. The molecule has 0 amide bonds. The number of morpholine rings is 1. The van der Waals surface area contributed by atoms with Crippen LogP contribution in [0.5, 0.6) is 0 Å². The summed E-state index contributed by atoms with van der Waals surface area (Å²) in [6.07, 6.45) is 4.87. The summed E-state index contributed by atoms with van der Waals surface area (Å²) >= 11 is 0. The first kappa shape index (κ1) is 13.2. The van der Waals surface area contributed by atoms with Gasteiger partial charge in [0.05, 0.1) is 18.9 Å². The van der Waals surface area contributed by atoms with Crippen LogP contribution in [0.25, 0.3) is 0 Å². The van der Waals surface area contributed by atoms with Crippen LogP contribution in [0, 0.1) is 0 Å². The molecule has 2 aliphatic rings. The zero-order chi connectivity index (χ0) is 12.0. The highest BCUT2D eigenvalue weighted by atomic mass is 19.1. The van der Waals surface area contributed by atoms with Gasteiger partial charge in [-0.15, -0.1) is 0 Å². The highest BCUT2D eigenvalue weighted by Gasteiger charge is 2.37.